The maximum absolute atomic E-state index is 10.5. The maximum atomic E-state index is 10.5. The summed E-state index contributed by atoms with van der Waals surface area (Å²) in [5, 5.41) is 20.0. The van der Waals surface area contributed by atoms with Crippen LogP contribution in [0.15, 0.2) is 0 Å². The Morgan fingerprint density at radius 1 is 1.43 bits per heavy atom. The fourth-order valence-corrected chi connectivity index (χ4v) is 2.68. The van der Waals surface area contributed by atoms with Gasteiger partial charge in [0, 0.05) is 19.1 Å². The molecule has 76 valence electrons. The van der Waals surface area contributed by atoms with E-state index in [1.807, 2.05) is 0 Å². The lowest BCUT2D eigenvalue weighted by atomic mass is 9.93. The van der Waals surface area contributed by atoms with E-state index >= 15 is 0 Å². The summed E-state index contributed by atoms with van der Waals surface area (Å²) in [4.78, 5) is 12.3. The van der Waals surface area contributed by atoms with Gasteiger partial charge in [-0.05, 0) is 24.7 Å². The van der Waals surface area contributed by atoms with Crippen LogP contribution in [-0.4, -0.2) is 35.2 Å². The van der Waals surface area contributed by atoms with Gasteiger partial charge in [0.15, 0.2) is 6.19 Å². The molecule has 2 N–H and O–H groups in total. The smallest absolute Gasteiger partial charge is 0.404 e. The summed E-state index contributed by atoms with van der Waals surface area (Å²) in [5.41, 5.74) is 0. The van der Waals surface area contributed by atoms with Crippen molar-refractivity contribution in [3.05, 3.63) is 0 Å². The molecule has 0 radical (unpaired) electrons. The number of rotatable bonds is 1. The highest BCUT2D eigenvalue weighted by atomic mass is 16.4. The van der Waals surface area contributed by atoms with Gasteiger partial charge in [0.25, 0.3) is 0 Å². The number of piperidine rings is 1. The number of carboxylic acid groups (broad SMARTS) is 1. The molecular formula is C9H13N3O2. The van der Waals surface area contributed by atoms with Gasteiger partial charge in [0.2, 0.25) is 0 Å². The molecule has 5 nitrogen and oxygen atoms in total. The van der Waals surface area contributed by atoms with Crippen molar-refractivity contribution in [3.63, 3.8) is 0 Å². The van der Waals surface area contributed by atoms with Crippen LogP contribution in [0.4, 0.5) is 4.79 Å². The number of likely N-dealkylation sites (tertiary alicyclic amines) is 1. The summed E-state index contributed by atoms with van der Waals surface area (Å²) in [6.07, 6.45) is 3.26. The van der Waals surface area contributed by atoms with Gasteiger partial charge >= 0.3 is 6.09 Å². The zero-order valence-electron chi connectivity index (χ0n) is 7.81. The first-order chi connectivity index (χ1) is 6.70. The van der Waals surface area contributed by atoms with E-state index in [-0.39, 0.29) is 6.04 Å². The lowest BCUT2D eigenvalue weighted by Gasteiger charge is -2.34. The first-order valence-corrected chi connectivity index (χ1v) is 4.85. The Bertz CT molecular complexity index is 272. The summed E-state index contributed by atoms with van der Waals surface area (Å²) in [6, 6.07) is 0.0668. The largest absolute Gasteiger partial charge is 0.465 e. The Morgan fingerprint density at radius 3 is 2.43 bits per heavy atom. The van der Waals surface area contributed by atoms with E-state index in [0.717, 1.165) is 12.8 Å². The predicted molar refractivity (Wildman–Crippen MR) is 48.3 cm³/mol. The van der Waals surface area contributed by atoms with Crippen LogP contribution in [-0.2, 0) is 0 Å². The average molecular weight is 195 g/mol. The fraction of sp³-hybridized carbons (Fsp3) is 0.778. The van der Waals surface area contributed by atoms with E-state index < -0.39 is 6.09 Å². The third-order valence-corrected chi connectivity index (χ3v) is 3.27. The molecule has 14 heavy (non-hydrogen) atoms. The summed E-state index contributed by atoms with van der Waals surface area (Å²) in [5.74, 6) is 0.647. The zero-order valence-corrected chi connectivity index (χ0v) is 7.81. The molecule has 1 saturated carbocycles. The van der Waals surface area contributed by atoms with Crippen molar-refractivity contribution in [2.24, 2.45) is 11.8 Å². The summed E-state index contributed by atoms with van der Waals surface area (Å²) >= 11 is 0. The highest BCUT2D eigenvalue weighted by molar-refractivity contribution is 5.65. The molecule has 5 heteroatoms. The van der Waals surface area contributed by atoms with Gasteiger partial charge in [0.05, 0.1) is 0 Å². The zero-order chi connectivity index (χ0) is 10.1. The molecule has 0 aromatic carbocycles. The minimum atomic E-state index is -0.947. The number of hydrogen-bond acceptors (Lipinski definition) is 3. The van der Waals surface area contributed by atoms with Crippen molar-refractivity contribution < 1.29 is 9.90 Å². The van der Waals surface area contributed by atoms with Gasteiger partial charge in [-0.2, -0.15) is 5.26 Å². The third-order valence-electron chi connectivity index (χ3n) is 3.27. The van der Waals surface area contributed by atoms with Crippen molar-refractivity contribution in [3.8, 4) is 6.19 Å². The van der Waals surface area contributed by atoms with E-state index in [9.17, 15) is 4.79 Å². The molecule has 1 heterocycles. The van der Waals surface area contributed by atoms with Crippen molar-refractivity contribution in [2.45, 2.75) is 18.9 Å². The van der Waals surface area contributed by atoms with Crippen LogP contribution < -0.4 is 5.32 Å². The number of amides is 1. The molecule has 1 amide bonds. The molecule has 2 aliphatic rings. The highest BCUT2D eigenvalue weighted by Gasteiger charge is 2.42. The normalized spacial score (nSPS) is 35.1. The molecule has 0 aromatic heterocycles. The molecule has 1 aliphatic carbocycles. The SMILES string of the molecule is N#CN1C[C@H]2CC[C@@H](C1)[C@@H]2NC(=O)O. The van der Waals surface area contributed by atoms with Crippen molar-refractivity contribution in [1.82, 2.24) is 10.2 Å². The first kappa shape index (κ1) is 9.13. The molecule has 2 fully saturated rings. The molecule has 0 aromatic rings. The van der Waals surface area contributed by atoms with Crippen LogP contribution in [0.3, 0.4) is 0 Å². The Balaban J connectivity index is 2.03. The maximum Gasteiger partial charge on any atom is 0.404 e. The Kier molecular flexibility index (Phi) is 2.20. The molecule has 1 saturated heterocycles. The van der Waals surface area contributed by atoms with E-state index in [1.165, 1.54) is 0 Å². The molecule has 1 aliphatic heterocycles. The molecule has 2 rings (SSSR count). The lowest BCUT2D eigenvalue weighted by Crippen LogP contribution is -2.51. The number of carbonyl (C=O) groups is 1. The Labute approximate surface area is 82.3 Å². The van der Waals surface area contributed by atoms with Gasteiger partial charge in [-0.1, -0.05) is 0 Å². The van der Waals surface area contributed by atoms with Crippen LogP contribution in [0.25, 0.3) is 0 Å². The summed E-state index contributed by atoms with van der Waals surface area (Å²) < 4.78 is 0. The highest BCUT2D eigenvalue weighted by Crippen LogP contribution is 2.36. The van der Waals surface area contributed by atoms with Crippen LogP contribution >= 0.6 is 0 Å². The van der Waals surface area contributed by atoms with E-state index in [0.29, 0.717) is 24.9 Å². The number of nitrogens with zero attached hydrogens (tertiary/aromatic N) is 2. The number of nitriles is 1. The van der Waals surface area contributed by atoms with E-state index in [1.54, 1.807) is 4.90 Å². The van der Waals surface area contributed by atoms with E-state index in [4.69, 9.17) is 10.4 Å². The topological polar surface area (TPSA) is 76.4 Å². The Hall–Kier alpha value is -1.44. The monoisotopic (exact) mass is 195 g/mol. The minimum Gasteiger partial charge on any atom is -0.465 e. The van der Waals surface area contributed by atoms with E-state index in [2.05, 4.69) is 11.5 Å². The molecule has 0 spiro atoms. The second-order valence-corrected chi connectivity index (χ2v) is 4.08. The average Bonchev–Trinajstić information content (AvgIpc) is 2.38. The predicted octanol–water partition coefficient (Wildman–Crippen LogP) is 0.445. The van der Waals surface area contributed by atoms with Crippen molar-refractivity contribution >= 4 is 6.09 Å². The van der Waals surface area contributed by atoms with Gasteiger partial charge in [-0.3, -0.25) is 0 Å². The van der Waals surface area contributed by atoms with Gasteiger partial charge in [-0.15, -0.1) is 0 Å². The van der Waals surface area contributed by atoms with Gasteiger partial charge in [0.1, 0.15) is 0 Å². The third kappa shape index (κ3) is 1.48. The van der Waals surface area contributed by atoms with Crippen molar-refractivity contribution in [1.29, 1.82) is 5.26 Å². The summed E-state index contributed by atoms with van der Waals surface area (Å²) in [6.45, 7) is 1.41. The number of hydrogen-bond donors (Lipinski definition) is 2. The lowest BCUT2D eigenvalue weighted by molar-refractivity contribution is 0.153. The summed E-state index contributed by atoms with van der Waals surface area (Å²) in [7, 11) is 0. The van der Waals surface area contributed by atoms with Crippen LogP contribution in [0.5, 0.6) is 0 Å². The van der Waals surface area contributed by atoms with Crippen molar-refractivity contribution in [2.75, 3.05) is 13.1 Å². The molecule has 3 atom stereocenters. The molecular weight excluding hydrogens is 182 g/mol. The number of fused-ring (bicyclic) bond motifs is 2. The van der Waals surface area contributed by atoms with Crippen LogP contribution in [0.1, 0.15) is 12.8 Å². The second kappa shape index (κ2) is 3.37. The number of nitrogens with one attached hydrogen (secondary N) is 1. The molecule has 0 unspecified atom stereocenters. The second-order valence-electron chi connectivity index (χ2n) is 4.08. The van der Waals surface area contributed by atoms with Crippen LogP contribution in [0, 0.1) is 23.3 Å². The van der Waals surface area contributed by atoms with Crippen LogP contribution in [0.2, 0.25) is 0 Å². The quantitative estimate of drug-likeness (QED) is 0.595. The fourth-order valence-electron chi connectivity index (χ4n) is 2.68. The molecule has 2 bridgehead atoms. The van der Waals surface area contributed by atoms with Gasteiger partial charge in [-0.25, -0.2) is 4.79 Å². The van der Waals surface area contributed by atoms with Gasteiger partial charge < -0.3 is 15.3 Å². The first-order valence-electron chi connectivity index (χ1n) is 4.85. The minimum absolute atomic E-state index is 0.0668. The Morgan fingerprint density at radius 2 is 2.00 bits per heavy atom. The standard InChI is InChI=1S/C9H13N3O2/c10-5-12-3-6-1-2-7(4-12)8(6)11-9(13)14/h6-8,11H,1-4H2,(H,13,14)/t6-,7+,8-.